The van der Waals surface area contributed by atoms with Crippen LogP contribution in [0.15, 0.2) is 45.8 Å². The first-order valence-corrected chi connectivity index (χ1v) is 8.39. The highest BCUT2D eigenvalue weighted by Gasteiger charge is 2.19. The van der Waals surface area contributed by atoms with Crippen LogP contribution >= 0.6 is 15.9 Å². The molecule has 112 valence electrons. The molecule has 0 heterocycles. The zero-order valence-electron chi connectivity index (χ0n) is 11.2. The Hall–Kier alpha value is -1.44. The molecule has 2 aromatic carbocycles. The molecule has 0 unspecified atom stereocenters. The lowest BCUT2D eigenvalue weighted by molar-refractivity contribution is 0.600. The van der Waals surface area contributed by atoms with E-state index in [1.165, 1.54) is 31.2 Å². The quantitative estimate of drug-likeness (QED) is 0.865. The van der Waals surface area contributed by atoms with Crippen molar-refractivity contribution in [1.29, 1.82) is 0 Å². The average Bonchev–Trinajstić information content (AvgIpc) is 2.43. The third-order valence-corrected chi connectivity index (χ3v) is 5.38. The number of hydrogen-bond donors (Lipinski definition) is 2. The summed E-state index contributed by atoms with van der Waals surface area (Å²) in [6.07, 6.45) is 0. The summed E-state index contributed by atoms with van der Waals surface area (Å²) >= 11 is 3.22. The van der Waals surface area contributed by atoms with E-state index in [-0.39, 0.29) is 16.1 Å². The number of sulfonamides is 1. The van der Waals surface area contributed by atoms with E-state index in [1.54, 1.807) is 12.1 Å². The Morgan fingerprint density at radius 3 is 2.62 bits per heavy atom. The molecule has 4 nitrogen and oxygen atoms in total. The number of nitrogens with one attached hydrogen (secondary N) is 1. The third-order valence-electron chi connectivity index (χ3n) is 3.03. The predicted molar refractivity (Wildman–Crippen MR) is 84.0 cm³/mol. The van der Waals surface area contributed by atoms with E-state index in [2.05, 4.69) is 20.7 Å². The lowest BCUT2D eigenvalue weighted by Crippen LogP contribution is -2.15. The van der Waals surface area contributed by atoms with Crippen LogP contribution in [-0.4, -0.2) is 8.42 Å². The van der Waals surface area contributed by atoms with Crippen molar-refractivity contribution in [2.24, 2.45) is 5.73 Å². The van der Waals surface area contributed by atoms with Crippen molar-refractivity contribution in [2.75, 3.05) is 4.72 Å². The van der Waals surface area contributed by atoms with E-state index >= 15 is 0 Å². The standard InChI is InChI=1S/C14H14BrFN2O2S/c1-9-12(16)3-2-4-13(9)18-21(19,20)14-6-5-10(8-17)7-11(14)15/h2-7,18H,8,17H2,1H3. The van der Waals surface area contributed by atoms with E-state index in [9.17, 15) is 12.8 Å². The van der Waals surface area contributed by atoms with Gasteiger partial charge in [0.2, 0.25) is 0 Å². The number of halogens is 2. The Bertz CT molecular complexity index is 779. The molecular weight excluding hydrogens is 359 g/mol. The van der Waals surface area contributed by atoms with Gasteiger partial charge in [0.15, 0.2) is 0 Å². The predicted octanol–water partition coefficient (Wildman–Crippen LogP) is 3.16. The van der Waals surface area contributed by atoms with Crippen LogP contribution in [0, 0.1) is 12.7 Å². The molecule has 0 saturated heterocycles. The van der Waals surface area contributed by atoms with Gasteiger partial charge >= 0.3 is 0 Å². The summed E-state index contributed by atoms with van der Waals surface area (Å²) < 4.78 is 41.1. The molecule has 2 rings (SSSR count). The summed E-state index contributed by atoms with van der Waals surface area (Å²) in [4.78, 5) is 0.0726. The molecule has 0 fully saturated rings. The molecule has 3 N–H and O–H groups in total. The van der Waals surface area contributed by atoms with Crippen LogP contribution in [-0.2, 0) is 16.6 Å². The van der Waals surface area contributed by atoms with E-state index in [1.807, 2.05) is 0 Å². The van der Waals surface area contributed by atoms with Crippen LogP contribution in [0.5, 0.6) is 0 Å². The van der Waals surface area contributed by atoms with Gasteiger partial charge in [0.05, 0.1) is 5.69 Å². The Balaban J connectivity index is 2.41. The molecule has 0 aromatic heterocycles. The lowest BCUT2D eigenvalue weighted by Gasteiger charge is -2.12. The number of rotatable bonds is 4. The second-order valence-electron chi connectivity index (χ2n) is 4.49. The molecular formula is C14H14BrFN2O2S. The number of nitrogens with two attached hydrogens (primary N) is 1. The second kappa shape index (κ2) is 6.13. The van der Waals surface area contributed by atoms with Crippen LogP contribution in [0.2, 0.25) is 0 Å². The van der Waals surface area contributed by atoms with E-state index in [0.717, 1.165) is 5.56 Å². The zero-order valence-corrected chi connectivity index (χ0v) is 13.6. The Morgan fingerprint density at radius 1 is 1.29 bits per heavy atom. The lowest BCUT2D eigenvalue weighted by atomic mass is 10.2. The maximum absolute atomic E-state index is 13.5. The van der Waals surface area contributed by atoms with E-state index in [4.69, 9.17) is 5.73 Å². The summed E-state index contributed by atoms with van der Waals surface area (Å²) in [6.45, 7) is 1.83. The van der Waals surface area contributed by atoms with Crippen LogP contribution in [0.1, 0.15) is 11.1 Å². The molecule has 0 aliphatic heterocycles. The molecule has 2 aromatic rings. The fraction of sp³-hybridized carbons (Fsp3) is 0.143. The summed E-state index contributed by atoms with van der Waals surface area (Å²) in [5.74, 6) is -0.465. The van der Waals surface area contributed by atoms with Gasteiger partial charge in [0.25, 0.3) is 10.0 Å². The van der Waals surface area contributed by atoms with Crippen molar-refractivity contribution in [3.05, 3.63) is 57.8 Å². The molecule has 0 atom stereocenters. The number of hydrogen-bond acceptors (Lipinski definition) is 3. The maximum Gasteiger partial charge on any atom is 0.263 e. The van der Waals surface area contributed by atoms with Gasteiger partial charge in [-0.05, 0) is 52.7 Å². The van der Waals surface area contributed by atoms with Gasteiger partial charge in [-0.15, -0.1) is 0 Å². The first-order valence-electron chi connectivity index (χ1n) is 6.11. The number of benzene rings is 2. The van der Waals surface area contributed by atoms with Gasteiger partial charge in [-0.25, -0.2) is 12.8 Å². The molecule has 21 heavy (non-hydrogen) atoms. The van der Waals surface area contributed by atoms with E-state index < -0.39 is 15.8 Å². The van der Waals surface area contributed by atoms with Crippen LogP contribution < -0.4 is 10.5 Å². The second-order valence-corrected chi connectivity index (χ2v) is 6.99. The van der Waals surface area contributed by atoms with Crippen molar-refractivity contribution in [1.82, 2.24) is 0 Å². The van der Waals surface area contributed by atoms with Gasteiger partial charge in [0.1, 0.15) is 10.7 Å². The van der Waals surface area contributed by atoms with Crippen molar-refractivity contribution in [2.45, 2.75) is 18.4 Å². The minimum Gasteiger partial charge on any atom is -0.326 e. The average molecular weight is 373 g/mol. The van der Waals surface area contributed by atoms with E-state index in [0.29, 0.717) is 11.0 Å². The molecule has 0 radical (unpaired) electrons. The van der Waals surface area contributed by atoms with Crippen molar-refractivity contribution < 1.29 is 12.8 Å². The topological polar surface area (TPSA) is 72.2 Å². The maximum atomic E-state index is 13.5. The Labute approximate surface area is 131 Å². The Kier molecular flexibility index (Phi) is 4.65. The van der Waals surface area contributed by atoms with Crippen LogP contribution in [0.25, 0.3) is 0 Å². The molecule has 0 saturated carbocycles. The molecule has 0 aliphatic rings. The van der Waals surface area contributed by atoms with Crippen molar-refractivity contribution in [3.63, 3.8) is 0 Å². The smallest absolute Gasteiger partial charge is 0.263 e. The monoisotopic (exact) mass is 372 g/mol. The molecule has 7 heteroatoms. The highest BCUT2D eigenvalue weighted by Crippen LogP contribution is 2.27. The summed E-state index contributed by atoms with van der Waals surface area (Å²) in [5, 5.41) is 0. The van der Waals surface area contributed by atoms with Crippen molar-refractivity contribution in [3.8, 4) is 0 Å². The van der Waals surface area contributed by atoms with Crippen LogP contribution in [0.3, 0.4) is 0 Å². The summed E-state index contributed by atoms with van der Waals surface area (Å²) in [7, 11) is -3.81. The fourth-order valence-electron chi connectivity index (χ4n) is 1.81. The molecule has 0 aliphatic carbocycles. The molecule has 0 spiro atoms. The minimum absolute atomic E-state index is 0.0726. The third kappa shape index (κ3) is 3.42. The van der Waals surface area contributed by atoms with Crippen molar-refractivity contribution >= 4 is 31.6 Å². The SMILES string of the molecule is Cc1c(F)cccc1NS(=O)(=O)c1ccc(CN)cc1Br. The van der Waals surface area contributed by atoms with Gasteiger partial charge in [-0.2, -0.15) is 0 Å². The molecule has 0 amide bonds. The van der Waals surface area contributed by atoms with Gasteiger partial charge in [0, 0.05) is 16.6 Å². The first kappa shape index (κ1) is 15.9. The number of anilines is 1. The summed E-state index contributed by atoms with van der Waals surface area (Å²) in [6, 6.07) is 8.98. The fourth-order valence-corrected chi connectivity index (χ4v) is 4.06. The zero-order chi connectivity index (χ0) is 15.6. The normalized spacial score (nSPS) is 11.4. The van der Waals surface area contributed by atoms with Gasteiger partial charge in [-0.3, -0.25) is 4.72 Å². The molecule has 0 bridgehead atoms. The van der Waals surface area contributed by atoms with Crippen LogP contribution in [0.4, 0.5) is 10.1 Å². The summed E-state index contributed by atoms with van der Waals surface area (Å²) in [5.41, 5.74) is 6.78. The first-order chi connectivity index (χ1) is 9.85. The minimum atomic E-state index is -3.81. The largest absolute Gasteiger partial charge is 0.326 e. The highest BCUT2D eigenvalue weighted by molar-refractivity contribution is 9.10. The Morgan fingerprint density at radius 2 is 2.00 bits per heavy atom. The highest BCUT2D eigenvalue weighted by atomic mass is 79.9. The van der Waals surface area contributed by atoms with Gasteiger partial charge < -0.3 is 5.73 Å². The van der Waals surface area contributed by atoms with Gasteiger partial charge in [-0.1, -0.05) is 12.1 Å².